The van der Waals surface area contributed by atoms with E-state index in [-0.39, 0.29) is 5.56 Å². The van der Waals surface area contributed by atoms with Gasteiger partial charge >= 0.3 is 5.97 Å². The van der Waals surface area contributed by atoms with Gasteiger partial charge in [0.2, 0.25) is 0 Å². The maximum Gasteiger partial charge on any atom is 0.339 e. The van der Waals surface area contributed by atoms with Gasteiger partial charge in [-0.1, -0.05) is 0 Å². The first-order valence-corrected chi connectivity index (χ1v) is 7.21. The molecule has 0 aliphatic heterocycles. The summed E-state index contributed by atoms with van der Waals surface area (Å²) < 4.78 is 10.7. The van der Waals surface area contributed by atoms with Crippen LogP contribution in [0.15, 0.2) is 12.1 Å². The number of hydrogen-bond donors (Lipinski definition) is 1. The number of aryl methyl sites for hydroxylation is 1. The fourth-order valence-electron chi connectivity index (χ4n) is 1.91. The van der Waals surface area contributed by atoms with E-state index in [4.69, 9.17) is 9.47 Å². The maximum atomic E-state index is 11.4. The van der Waals surface area contributed by atoms with Crippen molar-refractivity contribution >= 4 is 11.8 Å². The van der Waals surface area contributed by atoms with E-state index < -0.39 is 5.97 Å². The smallest absolute Gasteiger partial charge is 0.339 e. The van der Waals surface area contributed by atoms with Crippen LogP contribution in [0.3, 0.4) is 0 Å². The third kappa shape index (κ3) is 5.69. The van der Waals surface area contributed by atoms with Crippen LogP contribution in [-0.2, 0) is 9.47 Å². The second kappa shape index (κ2) is 9.31. The molecule has 0 fully saturated rings. The summed E-state index contributed by atoms with van der Waals surface area (Å²) in [6.07, 6.45) is 0. The summed E-state index contributed by atoms with van der Waals surface area (Å²) in [4.78, 5) is 17.7. The highest BCUT2D eigenvalue weighted by Crippen LogP contribution is 2.18. The molecule has 0 atom stereocenters. The van der Waals surface area contributed by atoms with Crippen LogP contribution < -0.4 is 4.90 Å². The fraction of sp³-hybridized carbons (Fsp3) is 0.600. The molecule has 0 aliphatic rings. The number of carbonyl (C=O) groups is 1. The van der Waals surface area contributed by atoms with E-state index in [2.05, 4.69) is 4.98 Å². The highest BCUT2D eigenvalue weighted by atomic mass is 16.5. The van der Waals surface area contributed by atoms with E-state index in [0.717, 1.165) is 5.69 Å². The predicted molar refractivity (Wildman–Crippen MR) is 81.1 cm³/mol. The van der Waals surface area contributed by atoms with E-state index in [1.54, 1.807) is 12.1 Å². The molecule has 21 heavy (non-hydrogen) atoms. The third-order valence-electron chi connectivity index (χ3n) is 2.96. The van der Waals surface area contributed by atoms with Gasteiger partial charge in [0, 0.05) is 32.0 Å². The molecule has 1 N–H and O–H groups in total. The molecule has 0 aliphatic carbocycles. The number of carboxylic acids is 1. The molecule has 118 valence electrons. The molecule has 1 heterocycles. The van der Waals surface area contributed by atoms with E-state index in [9.17, 15) is 9.90 Å². The van der Waals surface area contributed by atoms with Crippen molar-refractivity contribution < 1.29 is 19.4 Å². The number of rotatable bonds is 10. The van der Waals surface area contributed by atoms with Gasteiger partial charge in [-0.15, -0.1) is 0 Å². The molecule has 0 spiro atoms. The van der Waals surface area contributed by atoms with Crippen molar-refractivity contribution in [2.24, 2.45) is 0 Å². The fourth-order valence-corrected chi connectivity index (χ4v) is 1.91. The van der Waals surface area contributed by atoms with Crippen molar-refractivity contribution in [1.29, 1.82) is 0 Å². The Hall–Kier alpha value is -1.66. The monoisotopic (exact) mass is 296 g/mol. The minimum atomic E-state index is -0.977. The Morgan fingerprint density at radius 1 is 1.19 bits per heavy atom. The average Bonchev–Trinajstić information content (AvgIpc) is 2.45. The van der Waals surface area contributed by atoms with Gasteiger partial charge in [0.25, 0.3) is 0 Å². The number of nitrogens with zero attached hydrogens (tertiary/aromatic N) is 2. The highest BCUT2D eigenvalue weighted by Gasteiger charge is 2.17. The number of ether oxygens (including phenoxy) is 2. The topological polar surface area (TPSA) is 71.9 Å². The lowest BCUT2D eigenvalue weighted by Crippen LogP contribution is -2.33. The summed E-state index contributed by atoms with van der Waals surface area (Å²) in [6.45, 7) is 9.18. The number of hydrogen-bond acceptors (Lipinski definition) is 5. The van der Waals surface area contributed by atoms with Gasteiger partial charge in [0.1, 0.15) is 11.4 Å². The van der Waals surface area contributed by atoms with Gasteiger partial charge in [-0.2, -0.15) is 0 Å². The van der Waals surface area contributed by atoms with Gasteiger partial charge in [-0.05, 0) is 32.9 Å². The zero-order valence-electron chi connectivity index (χ0n) is 13.0. The van der Waals surface area contributed by atoms with Crippen LogP contribution in [0, 0.1) is 6.92 Å². The molecule has 1 aromatic rings. The first kappa shape index (κ1) is 17.4. The lowest BCUT2D eigenvalue weighted by atomic mass is 10.2. The van der Waals surface area contributed by atoms with Gasteiger partial charge in [-0.25, -0.2) is 9.78 Å². The van der Waals surface area contributed by atoms with E-state index >= 15 is 0 Å². The van der Waals surface area contributed by atoms with Crippen molar-refractivity contribution in [2.75, 3.05) is 44.4 Å². The number of pyridine rings is 1. The first-order chi connectivity index (χ1) is 10.1. The number of aromatic nitrogens is 1. The van der Waals surface area contributed by atoms with Crippen LogP contribution in [0.5, 0.6) is 0 Å². The van der Waals surface area contributed by atoms with Crippen LogP contribution in [0.1, 0.15) is 29.9 Å². The average molecular weight is 296 g/mol. The lowest BCUT2D eigenvalue weighted by molar-refractivity contribution is 0.0696. The van der Waals surface area contributed by atoms with E-state index in [1.807, 2.05) is 25.7 Å². The zero-order valence-corrected chi connectivity index (χ0v) is 13.0. The molecule has 0 radical (unpaired) electrons. The third-order valence-corrected chi connectivity index (χ3v) is 2.96. The van der Waals surface area contributed by atoms with Crippen molar-refractivity contribution in [2.45, 2.75) is 20.8 Å². The molecule has 6 nitrogen and oxygen atoms in total. The molecular formula is C15H24N2O4. The van der Waals surface area contributed by atoms with Gasteiger partial charge < -0.3 is 19.5 Å². The lowest BCUT2D eigenvalue weighted by Gasteiger charge is -2.25. The van der Waals surface area contributed by atoms with Crippen molar-refractivity contribution in [3.63, 3.8) is 0 Å². The molecule has 6 heteroatoms. The summed E-state index contributed by atoms with van der Waals surface area (Å²) in [6, 6.07) is 3.30. The van der Waals surface area contributed by atoms with Crippen molar-refractivity contribution in [1.82, 2.24) is 4.98 Å². The minimum absolute atomic E-state index is 0.202. The summed E-state index contributed by atoms with van der Waals surface area (Å²) >= 11 is 0. The summed E-state index contributed by atoms with van der Waals surface area (Å²) in [5.41, 5.74) is 0.987. The molecule has 0 bridgehead atoms. The molecular weight excluding hydrogens is 272 g/mol. The van der Waals surface area contributed by atoms with Crippen LogP contribution in [0.4, 0.5) is 5.82 Å². The van der Waals surface area contributed by atoms with E-state index in [0.29, 0.717) is 45.3 Å². The second-order valence-corrected chi connectivity index (χ2v) is 4.51. The van der Waals surface area contributed by atoms with Crippen LogP contribution in [0.25, 0.3) is 0 Å². The second-order valence-electron chi connectivity index (χ2n) is 4.51. The number of carboxylic acid groups (broad SMARTS) is 1. The Labute approximate surface area is 125 Å². The summed E-state index contributed by atoms with van der Waals surface area (Å²) in [5.74, 6) is -0.503. The van der Waals surface area contributed by atoms with Gasteiger partial charge in [-0.3, -0.25) is 0 Å². The highest BCUT2D eigenvalue weighted by molar-refractivity contribution is 5.93. The normalized spacial score (nSPS) is 10.6. The van der Waals surface area contributed by atoms with Crippen LogP contribution in [-0.4, -0.2) is 55.6 Å². The molecule has 1 rings (SSSR count). The van der Waals surface area contributed by atoms with Crippen molar-refractivity contribution in [3.05, 3.63) is 23.4 Å². The molecule has 0 amide bonds. The van der Waals surface area contributed by atoms with Gasteiger partial charge in [0.15, 0.2) is 0 Å². The Bertz CT molecular complexity index is 441. The molecule has 1 aromatic heterocycles. The van der Waals surface area contributed by atoms with Crippen molar-refractivity contribution in [3.8, 4) is 0 Å². The standard InChI is InChI=1S/C15H24N2O4/c1-4-20-10-8-17(9-11-21-5-2)14-13(15(18)19)7-6-12(3)16-14/h6-7H,4-5,8-11H2,1-3H3,(H,18,19). The van der Waals surface area contributed by atoms with E-state index in [1.165, 1.54) is 0 Å². The molecule has 0 saturated carbocycles. The summed E-state index contributed by atoms with van der Waals surface area (Å²) in [7, 11) is 0. The zero-order chi connectivity index (χ0) is 15.7. The minimum Gasteiger partial charge on any atom is -0.478 e. The quantitative estimate of drug-likeness (QED) is 0.666. The summed E-state index contributed by atoms with van der Waals surface area (Å²) in [5, 5.41) is 9.32. The predicted octanol–water partition coefficient (Wildman–Crippen LogP) is 1.97. The molecule has 0 unspecified atom stereocenters. The molecule has 0 saturated heterocycles. The maximum absolute atomic E-state index is 11.4. The Morgan fingerprint density at radius 2 is 1.76 bits per heavy atom. The van der Waals surface area contributed by atoms with Crippen LogP contribution >= 0.6 is 0 Å². The first-order valence-electron chi connectivity index (χ1n) is 7.21. The number of anilines is 1. The van der Waals surface area contributed by atoms with Gasteiger partial charge in [0.05, 0.1) is 13.2 Å². The Morgan fingerprint density at radius 3 is 2.24 bits per heavy atom. The molecule has 0 aromatic carbocycles. The Kier molecular flexibility index (Phi) is 7.71. The van der Waals surface area contributed by atoms with Crippen LogP contribution in [0.2, 0.25) is 0 Å². The Balaban J connectivity index is 2.93. The number of aromatic carboxylic acids is 1. The largest absolute Gasteiger partial charge is 0.478 e. The SMILES string of the molecule is CCOCCN(CCOCC)c1nc(C)ccc1C(=O)O.